The number of rotatable bonds is 2. The van der Waals surface area contributed by atoms with Gasteiger partial charge in [0, 0.05) is 13.1 Å². The van der Waals surface area contributed by atoms with E-state index < -0.39 is 11.6 Å². The number of aryl methyl sites for hydroxylation is 1. The molecule has 0 radical (unpaired) electrons. The Labute approximate surface area is 153 Å². The molecule has 0 bridgehead atoms. The Morgan fingerprint density at radius 1 is 1.19 bits per heavy atom. The molecular weight excluding hydrogens is 330 g/mol. The van der Waals surface area contributed by atoms with Crippen molar-refractivity contribution < 1.29 is 14.4 Å². The van der Waals surface area contributed by atoms with Crippen LogP contribution < -0.4 is 5.32 Å². The largest absolute Gasteiger partial charge is 0.341 e. The fourth-order valence-corrected chi connectivity index (χ4v) is 4.84. The lowest BCUT2D eigenvalue weighted by atomic mass is 9.91. The molecule has 2 aliphatic heterocycles. The quantitative estimate of drug-likeness (QED) is 0.824. The summed E-state index contributed by atoms with van der Waals surface area (Å²) in [4.78, 5) is 41.3. The van der Waals surface area contributed by atoms with Crippen molar-refractivity contribution >= 4 is 17.8 Å². The molecule has 3 aliphatic rings. The Morgan fingerprint density at radius 2 is 1.88 bits per heavy atom. The minimum Gasteiger partial charge on any atom is -0.341 e. The molecule has 138 valence electrons. The summed E-state index contributed by atoms with van der Waals surface area (Å²) in [7, 11) is 0. The normalized spacial score (nSPS) is 30.7. The number of amides is 4. The summed E-state index contributed by atoms with van der Waals surface area (Å²) < 4.78 is 0. The fourth-order valence-electron chi connectivity index (χ4n) is 4.84. The Balaban J connectivity index is 1.53. The third kappa shape index (κ3) is 2.59. The van der Waals surface area contributed by atoms with E-state index in [9.17, 15) is 14.4 Å². The second-order valence-corrected chi connectivity index (χ2v) is 8.13. The van der Waals surface area contributed by atoms with Crippen molar-refractivity contribution in [1.29, 1.82) is 0 Å². The number of hydrogen-bond donors (Lipinski definition) is 1. The zero-order valence-corrected chi connectivity index (χ0v) is 15.3. The van der Waals surface area contributed by atoms with Gasteiger partial charge in [-0.05, 0) is 42.2 Å². The average molecular weight is 355 g/mol. The number of benzene rings is 1. The van der Waals surface area contributed by atoms with Crippen LogP contribution in [0.1, 0.15) is 37.8 Å². The molecule has 4 rings (SSSR count). The van der Waals surface area contributed by atoms with Gasteiger partial charge in [-0.3, -0.25) is 14.5 Å². The Kier molecular flexibility index (Phi) is 4.01. The number of urea groups is 1. The summed E-state index contributed by atoms with van der Waals surface area (Å²) in [5.74, 6) is 0.451. The molecule has 26 heavy (non-hydrogen) atoms. The Hall–Kier alpha value is -2.37. The van der Waals surface area contributed by atoms with Crippen LogP contribution in [-0.2, 0) is 21.5 Å². The zero-order valence-electron chi connectivity index (χ0n) is 15.3. The standard InChI is InChI=1S/C20H25N3O3/c1-13-9-14(2)11-22(10-13)17(24)12-23-18(25)20(21-19(23)26)8-7-15-5-3-4-6-16(15)20/h3-6,13-14H,7-12H2,1-2H3,(H,21,26)/t13-,14-,20+/m1/s1. The molecule has 3 atom stereocenters. The number of hydrogen-bond acceptors (Lipinski definition) is 3. The predicted octanol–water partition coefficient (Wildman–Crippen LogP) is 1.88. The molecule has 1 aliphatic carbocycles. The third-order valence-corrected chi connectivity index (χ3v) is 5.94. The summed E-state index contributed by atoms with van der Waals surface area (Å²) >= 11 is 0. The molecule has 2 saturated heterocycles. The second-order valence-electron chi connectivity index (χ2n) is 8.13. The van der Waals surface area contributed by atoms with Gasteiger partial charge in [-0.25, -0.2) is 4.79 Å². The number of fused-ring (bicyclic) bond motifs is 2. The van der Waals surface area contributed by atoms with Gasteiger partial charge in [0.05, 0.1) is 0 Å². The predicted molar refractivity (Wildman–Crippen MR) is 96.2 cm³/mol. The van der Waals surface area contributed by atoms with E-state index in [4.69, 9.17) is 0 Å². The highest BCUT2D eigenvalue weighted by atomic mass is 16.2. The number of likely N-dealkylation sites (tertiary alicyclic amines) is 1. The summed E-state index contributed by atoms with van der Waals surface area (Å²) in [6, 6.07) is 7.26. The van der Waals surface area contributed by atoms with E-state index in [0.717, 1.165) is 28.9 Å². The SMILES string of the molecule is C[C@@H]1C[C@@H](C)CN(C(=O)CN2C(=O)N[C@]3(CCc4ccccc43)C2=O)C1. The number of imide groups is 1. The van der Waals surface area contributed by atoms with E-state index >= 15 is 0 Å². The number of nitrogens with one attached hydrogen (secondary N) is 1. The van der Waals surface area contributed by atoms with Crippen LogP contribution in [0.2, 0.25) is 0 Å². The van der Waals surface area contributed by atoms with Crippen LogP contribution in [0.3, 0.4) is 0 Å². The lowest BCUT2D eigenvalue weighted by molar-refractivity contribution is -0.140. The molecule has 0 aromatic heterocycles. The van der Waals surface area contributed by atoms with Crippen LogP contribution in [0.5, 0.6) is 0 Å². The van der Waals surface area contributed by atoms with Gasteiger partial charge in [0.15, 0.2) is 0 Å². The molecule has 2 fully saturated rings. The van der Waals surface area contributed by atoms with Gasteiger partial charge < -0.3 is 10.2 Å². The lowest BCUT2D eigenvalue weighted by Crippen LogP contribution is -2.48. The first-order valence-corrected chi connectivity index (χ1v) is 9.41. The summed E-state index contributed by atoms with van der Waals surface area (Å²) in [5, 5.41) is 2.88. The molecule has 4 amide bonds. The van der Waals surface area contributed by atoms with Crippen LogP contribution in [0.15, 0.2) is 24.3 Å². The average Bonchev–Trinajstić information content (AvgIpc) is 3.08. The van der Waals surface area contributed by atoms with Gasteiger partial charge in [-0.15, -0.1) is 0 Å². The maximum atomic E-state index is 13.1. The highest BCUT2D eigenvalue weighted by Gasteiger charge is 2.55. The van der Waals surface area contributed by atoms with Crippen LogP contribution in [-0.4, -0.2) is 47.3 Å². The van der Waals surface area contributed by atoms with Crippen LogP contribution in [0.4, 0.5) is 4.79 Å². The smallest absolute Gasteiger partial charge is 0.325 e. The molecule has 2 heterocycles. The minimum absolute atomic E-state index is 0.143. The molecule has 6 nitrogen and oxygen atoms in total. The maximum Gasteiger partial charge on any atom is 0.325 e. The van der Waals surface area contributed by atoms with Crippen molar-refractivity contribution in [1.82, 2.24) is 15.1 Å². The monoisotopic (exact) mass is 355 g/mol. The van der Waals surface area contributed by atoms with Crippen molar-refractivity contribution in [2.75, 3.05) is 19.6 Å². The number of carbonyl (C=O) groups excluding carboxylic acids is 3. The second kappa shape index (κ2) is 6.11. The molecule has 1 aromatic carbocycles. The van der Waals surface area contributed by atoms with Gasteiger partial charge in [0.25, 0.3) is 5.91 Å². The van der Waals surface area contributed by atoms with E-state index in [2.05, 4.69) is 19.2 Å². The molecule has 0 unspecified atom stereocenters. The van der Waals surface area contributed by atoms with Crippen molar-refractivity contribution in [3.63, 3.8) is 0 Å². The van der Waals surface area contributed by atoms with Gasteiger partial charge in [-0.2, -0.15) is 0 Å². The van der Waals surface area contributed by atoms with Crippen LogP contribution in [0.25, 0.3) is 0 Å². The van der Waals surface area contributed by atoms with Crippen molar-refractivity contribution in [3.8, 4) is 0 Å². The van der Waals surface area contributed by atoms with Gasteiger partial charge in [0.2, 0.25) is 5.91 Å². The van der Waals surface area contributed by atoms with Crippen LogP contribution in [0, 0.1) is 11.8 Å². The first kappa shape index (κ1) is 17.1. The molecule has 1 spiro atoms. The first-order chi connectivity index (χ1) is 12.4. The topological polar surface area (TPSA) is 69.7 Å². The fraction of sp³-hybridized carbons (Fsp3) is 0.550. The summed E-state index contributed by atoms with van der Waals surface area (Å²) in [6.45, 7) is 5.48. The van der Waals surface area contributed by atoms with Crippen molar-refractivity contribution in [3.05, 3.63) is 35.4 Å². The molecule has 6 heteroatoms. The Bertz CT molecular complexity index is 767. The lowest BCUT2D eigenvalue weighted by Gasteiger charge is -2.35. The van der Waals surface area contributed by atoms with Crippen molar-refractivity contribution in [2.24, 2.45) is 11.8 Å². The van der Waals surface area contributed by atoms with Gasteiger partial charge in [0.1, 0.15) is 12.1 Å². The molecule has 0 saturated carbocycles. The first-order valence-electron chi connectivity index (χ1n) is 9.41. The van der Waals surface area contributed by atoms with E-state index in [-0.39, 0.29) is 18.4 Å². The van der Waals surface area contributed by atoms with Gasteiger partial charge >= 0.3 is 6.03 Å². The zero-order chi connectivity index (χ0) is 18.5. The summed E-state index contributed by atoms with van der Waals surface area (Å²) in [5.41, 5.74) is 0.970. The van der Waals surface area contributed by atoms with Crippen LogP contribution >= 0.6 is 0 Å². The highest BCUT2D eigenvalue weighted by molar-refractivity contribution is 6.09. The summed E-state index contributed by atoms with van der Waals surface area (Å²) in [6.07, 6.45) is 2.41. The molecular formula is C20H25N3O3. The number of carbonyl (C=O) groups is 3. The third-order valence-electron chi connectivity index (χ3n) is 5.94. The number of piperidine rings is 1. The van der Waals surface area contributed by atoms with E-state index in [1.165, 1.54) is 0 Å². The highest BCUT2D eigenvalue weighted by Crippen LogP contribution is 2.41. The molecule has 1 N–H and O–H groups in total. The van der Waals surface area contributed by atoms with E-state index in [1.807, 2.05) is 24.3 Å². The van der Waals surface area contributed by atoms with Gasteiger partial charge in [-0.1, -0.05) is 38.1 Å². The number of nitrogens with zero attached hydrogens (tertiary/aromatic N) is 2. The van der Waals surface area contributed by atoms with E-state index in [0.29, 0.717) is 31.3 Å². The minimum atomic E-state index is -0.990. The van der Waals surface area contributed by atoms with E-state index in [1.54, 1.807) is 4.90 Å². The Morgan fingerprint density at radius 3 is 2.62 bits per heavy atom. The van der Waals surface area contributed by atoms with Crippen molar-refractivity contribution in [2.45, 2.75) is 38.6 Å². The molecule has 1 aromatic rings. The maximum absolute atomic E-state index is 13.1.